The average Bonchev–Trinajstić information content (AvgIpc) is 2.79. The molecule has 0 aliphatic carbocycles. The molecule has 1 N–H and O–H groups in total. The molecule has 166 valence electrons. The summed E-state index contributed by atoms with van der Waals surface area (Å²) in [6, 6.07) is 9.14. The highest BCUT2D eigenvalue weighted by Crippen LogP contribution is 2.45. The Labute approximate surface area is 194 Å². The lowest BCUT2D eigenvalue weighted by Gasteiger charge is -2.40. The summed E-state index contributed by atoms with van der Waals surface area (Å²) in [6.07, 6.45) is 1.54. The van der Waals surface area contributed by atoms with Gasteiger partial charge in [0.1, 0.15) is 11.5 Å². The van der Waals surface area contributed by atoms with Gasteiger partial charge >= 0.3 is 6.09 Å². The number of fused-ring (bicyclic) bond motifs is 1. The Balaban J connectivity index is 1.87. The Morgan fingerprint density at radius 3 is 2.56 bits per heavy atom. The maximum absolute atomic E-state index is 14.7. The number of hydrogen-bond acceptors (Lipinski definition) is 4. The first-order valence-electron chi connectivity index (χ1n) is 10.4. The van der Waals surface area contributed by atoms with Crippen LogP contribution >= 0.6 is 15.9 Å². The number of benzene rings is 2. The average molecular weight is 500 g/mol. The van der Waals surface area contributed by atoms with E-state index in [1.54, 1.807) is 12.1 Å². The zero-order valence-electron chi connectivity index (χ0n) is 17.9. The number of amides is 1. The highest BCUT2D eigenvalue weighted by atomic mass is 79.9. The van der Waals surface area contributed by atoms with E-state index in [1.165, 1.54) is 11.0 Å². The molecule has 0 radical (unpaired) electrons. The van der Waals surface area contributed by atoms with Gasteiger partial charge in [-0.25, -0.2) is 14.0 Å². The van der Waals surface area contributed by atoms with Crippen LogP contribution in [-0.4, -0.2) is 53.1 Å². The summed E-state index contributed by atoms with van der Waals surface area (Å²) in [7, 11) is 0. The summed E-state index contributed by atoms with van der Waals surface area (Å²) in [5.41, 5.74) is 5.30. The van der Waals surface area contributed by atoms with Crippen molar-refractivity contribution < 1.29 is 19.1 Å². The standard InChI is InChI=1S/C24H23BrFN3O3/c1-3-16-6-4-5-15(2)23(16)29-17(14-30)11-21(18-12-20(26)19(25)13-22(18)29)27-7-9-28(10-8-27)24(31)32/h4-6,11-13H,3,7-10H2,1-2H3,(H,31,32). The van der Waals surface area contributed by atoms with Gasteiger partial charge in [0, 0.05) is 37.4 Å². The van der Waals surface area contributed by atoms with Crippen LogP contribution in [0, 0.1) is 12.7 Å². The van der Waals surface area contributed by atoms with Gasteiger partial charge in [-0.05, 0) is 58.6 Å². The number of aryl methyl sites for hydroxylation is 2. The van der Waals surface area contributed by atoms with Crippen LogP contribution in [0.15, 0.2) is 46.6 Å². The molecule has 2 aliphatic rings. The number of halogens is 2. The first kappa shape index (κ1) is 22.1. The second kappa shape index (κ2) is 8.81. The smallest absolute Gasteiger partial charge is 0.407 e. The van der Waals surface area contributed by atoms with Crippen LogP contribution in [0.5, 0.6) is 0 Å². The highest BCUT2D eigenvalue weighted by molar-refractivity contribution is 9.10. The van der Waals surface area contributed by atoms with Crippen LogP contribution in [0.25, 0.3) is 5.70 Å². The van der Waals surface area contributed by atoms with Gasteiger partial charge in [-0.1, -0.05) is 25.1 Å². The molecule has 4 rings (SSSR count). The first-order chi connectivity index (χ1) is 15.3. The lowest BCUT2D eigenvalue weighted by molar-refractivity contribution is 0.122. The second-order valence-corrected chi connectivity index (χ2v) is 8.68. The molecule has 2 aromatic carbocycles. The van der Waals surface area contributed by atoms with Crippen molar-refractivity contribution in [1.82, 2.24) is 9.80 Å². The minimum atomic E-state index is -0.955. The van der Waals surface area contributed by atoms with Crippen LogP contribution in [-0.2, 0) is 11.2 Å². The van der Waals surface area contributed by atoms with Gasteiger partial charge in [0.05, 0.1) is 15.8 Å². The normalized spacial score (nSPS) is 15.9. The van der Waals surface area contributed by atoms with Crippen LogP contribution in [0.1, 0.15) is 23.6 Å². The Bertz CT molecular complexity index is 1170. The Kier molecular flexibility index (Phi) is 6.09. The maximum Gasteiger partial charge on any atom is 0.407 e. The van der Waals surface area contributed by atoms with E-state index < -0.39 is 11.9 Å². The van der Waals surface area contributed by atoms with E-state index in [0.717, 1.165) is 23.2 Å². The summed E-state index contributed by atoms with van der Waals surface area (Å²) in [4.78, 5) is 28.6. The highest BCUT2D eigenvalue weighted by Gasteiger charge is 2.32. The van der Waals surface area contributed by atoms with E-state index in [1.807, 2.05) is 34.9 Å². The summed E-state index contributed by atoms with van der Waals surface area (Å²) in [5.74, 6) is 1.67. The fourth-order valence-electron chi connectivity index (χ4n) is 4.37. The minimum Gasteiger partial charge on any atom is -0.465 e. The van der Waals surface area contributed by atoms with E-state index >= 15 is 0 Å². The van der Waals surface area contributed by atoms with Crippen molar-refractivity contribution in [3.63, 3.8) is 0 Å². The summed E-state index contributed by atoms with van der Waals surface area (Å²) < 4.78 is 15.0. The maximum atomic E-state index is 14.7. The van der Waals surface area contributed by atoms with Gasteiger partial charge < -0.3 is 14.9 Å². The molecule has 1 saturated heterocycles. The fourth-order valence-corrected chi connectivity index (χ4v) is 4.70. The topological polar surface area (TPSA) is 64.1 Å². The molecule has 2 aliphatic heterocycles. The largest absolute Gasteiger partial charge is 0.465 e. The van der Waals surface area contributed by atoms with Gasteiger partial charge in [0.15, 0.2) is 5.94 Å². The lowest BCUT2D eigenvalue weighted by atomic mass is 9.97. The number of carbonyl (C=O) groups excluding carboxylic acids is 1. The monoisotopic (exact) mass is 499 g/mol. The van der Waals surface area contributed by atoms with Crippen LogP contribution < -0.4 is 4.90 Å². The molecule has 0 unspecified atom stereocenters. The third-order valence-corrected chi connectivity index (χ3v) is 6.60. The number of allylic oxidation sites excluding steroid dienone is 1. The van der Waals surface area contributed by atoms with Gasteiger partial charge in [0.2, 0.25) is 0 Å². The molecule has 32 heavy (non-hydrogen) atoms. The molecule has 6 nitrogen and oxygen atoms in total. The Morgan fingerprint density at radius 1 is 1.22 bits per heavy atom. The van der Waals surface area contributed by atoms with Crippen molar-refractivity contribution in [2.75, 3.05) is 31.1 Å². The van der Waals surface area contributed by atoms with Crippen LogP contribution in [0.4, 0.5) is 20.6 Å². The van der Waals surface area contributed by atoms with Gasteiger partial charge in [0.25, 0.3) is 0 Å². The molecule has 0 atom stereocenters. The number of piperazine rings is 1. The van der Waals surface area contributed by atoms with Crippen molar-refractivity contribution in [1.29, 1.82) is 0 Å². The zero-order chi connectivity index (χ0) is 23.0. The predicted octanol–water partition coefficient (Wildman–Crippen LogP) is 4.96. The third-order valence-electron chi connectivity index (χ3n) is 5.99. The van der Waals surface area contributed by atoms with Gasteiger partial charge in [-0.3, -0.25) is 4.90 Å². The molecule has 0 aromatic heterocycles. The third kappa shape index (κ3) is 3.80. The number of carbonyl (C=O) groups is 1. The van der Waals surface area contributed by atoms with E-state index in [4.69, 9.17) is 0 Å². The lowest BCUT2D eigenvalue weighted by Crippen LogP contribution is -2.47. The molecular formula is C24H23BrFN3O3. The number of rotatable bonds is 3. The number of carboxylic acid groups (broad SMARTS) is 1. The predicted molar refractivity (Wildman–Crippen MR) is 125 cm³/mol. The first-order valence-corrected chi connectivity index (χ1v) is 11.2. The van der Waals surface area contributed by atoms with E-state index in [-0.39, 0.29) is 0 Å². The zero-order valence-corrected chi connectivity index (χ0v) is 19.4. The minimum absolute atomic E-state index is 0.301. The van der Waals surface area contributed by atoms with E-state index in [2.05, 4.69) is 28.8 Å². The Morgan fingerprint density at radius 2 is 1.94 bits per heavy atom. The van der Waals surface area contributed by atoms with Crippen molar-refractivity contribution >= 4 is 45.0 Å². The van der Waals surface area contributed by atoms with Gasteiger partial charge in [-0.15, -0.1) is 0 Å². The SMILES string of the molecule is CCc1cccc(C)c1N1C(=C=O)C=C(N2CCN(C(=O)O)CC2)c2cc(F)c(Br)cc21. The molecule has 0 bridgehead atoms. The van der Waals surface area contributed by atoms with Crippen molar-refractivity contribution in [2.24, 2.45) is 0 Å². The molecule has 0 saturated carbocycles. The van der Waals surface area contributed by atoms with Crippen LogP contribution in [0.2, 0.25) is 0 Å². The second-order valence-electron chi connectivity index (χ2n) is 7.83. The number of nitrogens with zero attached hydrogens (tertiary/aromatic N) is 3. The van der Waals surface area contributed by atoms with Crippen molar-refractivity contribution in [3.05, 3.63) is 69.1 Å². The fraction of sp³-hybridized carbons (Fsp3) is 0.292. The number of anilines is 2. The van der Waals surface area contributed by atoms with Crippen molar-refractivity contribution in [2.45, 2.75) is 20.3 Å². The summed E-state index contributed by atoms with van der Waals surface area (Å²) in [6.45, 7) is 5.61. The van der Waals surface area contributed by atoms with E-state index in [9.17, 15) is 19.1 Å². The van der Waals surface area contributed by atoms with Gasteiger partial charge in [-0.2, -0.15) is 0 Å². The molecule has 0 spiro atoms. The Hall–Kier alpha value is -3.09. The molecule has 1 fully saturated rings. The number of para-hydroxylation sites is 1. The summed E-state index contributed by atoms with van der Waals surface area (Å²) >= 11 is 3.30. The molecule has 2 aromatic rings. The molecular weight excluding hydrogens is 477 g/mol. The number of hydrogen-bond donors (Lipinski definition) is 1. The van der Waals surface area contributed by atoms with E-state index in [0.29, 0.717) is 53.3 Å². The van der Waals surface area contributed by atoms with Crippen molar-refractivity contribution in [3.8, 4) is 0 Å². The molecule has 1 amide bonds. The quantitative estimate of drug-likeness (QED) is 0.604. The van der Waals surface area contributed by atoms with Crippen LogP contribution in [0.3, 0.4) is 0 Å². The molecule has 2 heterocycles. The summed E-state index contributed by atoms with van der Waals surface area (Å²) in [5, 5.41) is 9.25. The molecule has 8 heteroatoms.